The van der Waals surface area contributed by atoms with Crippen molar-refractivity contribution >= 4 is 0 Å². The molecule has 0 radical (unpaired) electrons. The third-order valence-corrected chi connectivity index (χ3v) is 4.44. The molecule has 25 heavy (non-hydrogen) atoms. The van der Waals surface area contributed by atoms with Crippen molar-refractivity contribution < 1.29 is 14.6 Å². The number of ether oxygens (including phenoxy) is 2. The molecule has 0 bridgehead atoms. The van der Waals surface area contributed by atoms with Crippen molar-refractivity contribution in [2.75, 3.05) is 32.9 Å². The van der Waals surface area contributed by atoms with Gasteiger partial charge in [0.1, 0.15) is 18.5 Å². The smallest absolute Gasteiger partial charge is 0.119 e. The average molecular weight is 341 g/mol. The van der Waals surface area contributed by atoms with E-state index in [1.165, 1.54) is 5.69 Å². The van der Waals surface area contributed by atoms with E-state index in [4.69, 9.17) is 14.7 Å². The van der Waals surface area contributed by atoms with Gasteiger partial charge in [-0.2, -0.15) is 5.26 Å². The van der Waals surface area contributed by atoms with E-state index in [0.717, 1.165) is 6.54 Å². The van der Waals surface area contributed by atoms with Crippen LogP contribution in [0, 0.1) is 11.3 Å². The van der Waals surface area contributed by atoms with E-state index >= 15 is 0 Å². The Labute approximate surface area is 147 Å². The SMILES string of the molecule is Cn1cccc1[C@@H]1COCCN1C[C@H](O)COc1ccc(C#N)cc1. The first kappa shape index (κ1) is 17.5. The van der Waals surface area contributed by atoms with Gasteiger partial charge in [-0.15, -0.1) is 0 Å². The highest BCUT2D eigenvalue weighted by Crippen LogP contribution is 2.24. The van der Waals surface area contributed by atoms with Crippen LogP contribution in [-0.4, -0.2) is 53.6 Å². The Morgan fingerprint density at radius 2 is 2.16 bits per heavy atom. The topological polar surface area (TPSA) is 70.7 Å². The van der Waals surface area contributed by atoms with Gasteiger partial charge >= 0.3 is 0 Å². The molecular formula is C19H23N3O3. The fourth-order valence-electron chi connectivity index (χ4n) is 3.09. The van der Waals surface area contributed by atoms with Crippen LogP contribution < -0.4 is 4.74 Å². The molecule has 1 aromatic heterocycles. The molecular weight excluding hydrogens is 318 g/mol. The van der Waals surface area contributed by atoms with Gasteiger partial charge in [-0.05, 0) is 36.4 Å². The zero-order valence-corrected chi connectivity index (χ0v) is 14.3. The molecule has 1 aliphatic heterocycles. The molecule has 0 spiro atoms. The third-order valence-electron chi connectivity index (χ3n) is 4.44. The molecule has 1 aliphatic rings. The molecule has 2 heterocycles. The number of β-amino-alcohol motifs (C(OH)–C–C–N with tert-alkyl or cyclic N) is 1. The van der Waals surface area contributed by atoms with Crippen LogP contribution in [0.15, 0.2) is 42.6 Å². The summed E-state index contributed by atoms with van der Waals surface area (Å²) in [6, 6.07) is 13.2. The molecule has 3 rings (SSSR count). The normalized spacial score (nSPS) is 19.3. The molecule has 1 aromatic carbocycles. The Balaban J connectivity index is 1.56. The maximum absolute atomic E-state index is 10.4. The average Bonchev–Trinajstić information content (AvgIpc) is 3.07. The number of benzene rings is 1. The molecule has 2 aromatic rings. The minimum atomic E-state index is -0.600. The second-order valence-corrected chi connectivity index (χ2v) is 6.23. The largest absolute Gasteiger partial charge is 0.491 e. The quantitative estimate of drug-likeness (QED) is 0.866. The van der Waals surface area contributed by atoms with Crippen molar-refractivity contribution in [2.24, 2.45) is 7.05 Å². The van der Waals surface area contributed by atoms with Gasteiger partial charge in [0.05, 0.1) is 30.9 Å². The first-order chi connectivity index (χ1) is 12.2. The monoisotopic (exact) mass is 341 g/mol. The van der Waals surface area contributed by atoms with Crippen LogP contribution in [0.3, 0.4) is 0 Å². The number of morpholine rings is 1. The lowest BCUT2D eigenvalue weighted by atomic mass is 10.1. The number of nitrogens with zero attached hydrogens (tertiary/aromatic N) is 3. The summed E-state index contributed by atoms with van der Waals surface area (Å²) in [5.41, 5.74) is 1.77. The van der Waals surface area contributed by atoms with Crippen LogP contribution in [-0.2, 0) is 11.8 Å². The maximum Gasteiger partial charge on any atom is 0.119 e. The number of rotatable bonds is 6. The molecule has 1 N–H and O–H groups in total. The lowest BCUT2D eigenvalue weighted by Crippen LogP contribution is -2.45. The number of hydrogen-bond acceptors (Lipinski definition) is 5. The third kappa shape index (κ3) is 4.40. The summed E-state index contributed by atoms with van der Waals surface area (Å²) >= 11 is 0. The summed E-state index contributed by atoms with van der Waals surface area (Å²) in [4.78, 5) is 2.24. The Morgan fingerprint density at radius 1 is 1.36 bits per heavy atom. The molecule has 0 saturated carbocycles. The van der Waals surface area contributed by atoms with E-state index in [9.17, 15) is 5.11 Å². The van der Waals surface area contributed by atoms with E-state index in [1.54, 1.807) is 24.3 Å². The van der Waals surface area contributed by atoms with Gasteiger partial charge in [0.2, 0.25) is 0 Å². The lowest BCUT2D eigenvalue weighted by Gasteiger charge is -2.36. The van der Waals surface area contributed by atoms with E-state index in [0.29, 0.717) is 31.1 Å². The predicted molar refractivity (Wildman–Crippen MR) is 93.2 cm³/mol. The van der Waals surface area contributed by atoms with E-state index < -0.39 is 6.10 Å². The highest BCUT2D eigenvalue weighted by Gasteiger charge is 2.27. The molecule has 2 atom stereocenters. The van der Waals surface area contributed by atoms with Crippen molar-refractivity contribution in [1.29, 1.82) is 5.26 Å². The van der Waals surface area contributed by atoms with Gasteiger partial charge in [0.15, 0.2) is 0 Å². The van der Waals surface area contributed by atoms with E-state index in [1.807, 2.05) is 19.3 Å². The van der Waals surface area contributed by atoms with Crippen molar-refractivity contribution in [3.05, 3.63) is 53.9 Å². The summed E-state index contributed by atoms with van der Waals surface area (Å²) in [6.45, 7) is 2.81. The number of nitriles is 1. The fraction of sp³-hybridized carbons (Fsp3) is 0.421. The minimum Gasteiger partial charge on any atom is -0.491 e. The van der Waals surface area contributed by atoms with Crippen molar-refractivity contribution in [2.45, 2.75) is 12.1 Å². The summed E-state index contributed by atoms with van der Waals surface area (Å²) in [7, 11) is 2.02. The Kier molecular flexibility index (Phi) is 5.71. The first-order valence-electron chi connectivity index (χ1n) is 8.41. The van der Waals surface area contributed by atoms with Crippen LogP contribution in [0.4, 0.5) is 0 Å². The molecule has 1 fully saturated rings. The molecule has 0 amide bonds. The molecule has 6 heteroatoms. The number of hydrogen-bond donors (Lipinski definition) is 1. The van der Waals surface area contributed by atoms with Gasteiger partial charge < -0.3 is 19.1 Å². The van der Waals surface area contributed by atoms with Crippen molar-refractivity contribution in [3.63, 3.8) is 0 Å². The minimum absolute atomic E-state index is 0.137. The van der Waals surface area contributed by atoms with Crippen LogP contribution in [0.2, 0.25) is 0 Å². The van der Waals surface area contributed by atoms with Crippen LogP contribution in [0.1, 0.15) is 17.3 Å². The zero-order chi connectivity index (χ0) is 17.6. The van der Waals surface area contributed by atoms with Gasteiger partial charge in [-0.25, -0.2) is 0 Å². The highest BCUT2D eigenvalue weighted by molar-refractivity contribution is 5.34. The van der Waals surface area contributed by atoms with Crippen molar-refractivity contribution in [3.8, 4) is 11.8 Å². The molecule has 6 nitrogen and oxygen atoms in total. The zero-order valence-electron chi connectivity index (χ0n) is 14.3. The Morgan fingerprint density at radius 3 is 2.84 bits per heavy atom. The van der Waals surface area contributed by atoms with Gasteiger partial charge in [0.25, 0.3) is 0 Å². The number of aliphatic hydroxyl groups is 1. The van der Waals surface area contributed by atoms with Crippen LogP contribution in [0.5, 0.6) is 5.75 Å². The molecule has 132 valence electrons. The van der Waals surface area contributed by atoms with Gasteiger partial charge in [-0.1, -0.05) is 0 Å². The molecule has 0 aliphatic carbocycles. The maximum atomic E-state index is 10.4. The number of aromatic nitrogens is 1. The second-order valence-electron chi connectivity index (χ2n) is 6.23. The summed E-state index contributed by atoms with van der Waals surface area (Å²) in [5.74, 6) is 0.652. The van der Waals surface area contributed by atoms with E-state index in [-0.39, 0.29) is 12.6 Å². The second kappa shape index (κ2) is 8.17. The van der Waals surface area contributed by atoms with Gasteiger partial charge in [-0.3, -0.25) is 4.90 Å². The lowest BCUT2D eigenvalue weighted by molar-refractivity contribution is -0.0356. The summed E-state index contributed by atoms with van der Waals surface area (Å²) in [6.07, 6.45) is 1.42. The Bertz CT molecular complexity index is 720. The summed E-state index contributed by atoms with van der Waals surface area (Å²) in [5, 5.41) is 19.2. The number of aryl methyl sites for hydroxylation is 1. The van der Waals surface area contributed by atoms with Gasteiger partial charge in [0, 0.05) is 32.0 Å². The fourth-order valence-corrected chi connectivity index (χ4v) is 3.09. The van der Waals surface area contributed by atoms with E-state index in [2.05, 4.69) is 21.6 Å². The Hall–Kier alpha value is -2.33. The number of aliphatic hydroxyl groups excluding tert-OH is 1. The first-order valence-corrected chi connectivity index (χ1v) is 8.41. The predicted octanol–water partition coefficient (Wildman–Crippen LogP) is 1.71. The molecule has 1 saturated heterocycles. The summed E-state index contributed by atoms with van der Waals surface area (Å²) < 4.78 is 13.4. The van der Waals surface area contributed by atoms with Crippen LogP contribution >= 0.6 is 0 Å². The van der Waals surface area contributed by atoms with Crippen LogP contribution in [0.25, 0.3) is 0 Å². The molecule has 0 unspecified atom stereocenters. The highest BCUT2D eigenvalue weighted by atomic mass is 16.5. The standard InChI is InChI=1S/C19H23N3O3/c1-21-8-2-3-18(21)19-14-24-10-9-22(19)12-16(23)13-25-17-6-4-15(11-20)5-7-17/h2-8,16,19,23H,9-10,12-14H2,1H3/t16-,19-/m0/s1. The van der Waals surface area contributed by atoms with Crippen molar-refractivity contribution in [1.82, 2.24) is 9.47 Å².